The maximum Gasteiger partial charge on any atom is 0.359 e. The zero-order valence-corrected chi connectivity index (χ0v) is 17.2. The van der Waals surface area contributed by atoms with Gasteiger partial charge in [0, 0.05) is 18.3 Å². The zero-order chi connectivity index (χ0) is 21.1. The number of nitrogens with zero attached hydrogens (tertiary/aromatic N) is 3. The number of amides is 1. The highest BCUT2D eigenvalue weighted by atomic mass is 16.5. The highest BCUT2D eigenvalue weighted by Gasteiger charge is 2.28. The van der Waals surface area contributed by atoms with Crippen molar-refractivity contribution < 1.29 is 14.3 Å². The summed E-state index contributed by atoms with van der Waals surface area (Å²) in [5.41, 5.74) is 4.25. The number of carbonyl (C=O) groups is 2. The van der Waals surface area contributed by atoms with E-state index in [1.807, 2.05) is 72.3 Å². The molecule has 30 heavy (non-hydrogen) atoms. The highest BCUT2D eigenvalue weighted by Crippen LogP contribution is 2.28. The maximum absolute atomic E-state index is 12.7. The van der Waals surface area contributed by atoms with E-state index in [9.17, 15) is 9.59 Å². The van der Waals surface area contributed by atoms with Crippen LogP contribution in [0.1, 0.15) is 46.7 Å². The second kappa shape index (κ2) is 8.53. The Morgan fingerprint density at radius 3 is 2.43 bits per heavy atom. The molecule has 1 aliphatic rings. The van der Waals surface area contributed by atoms with Crippen LogP contribution in [-0.2, 0) is 22.4 Å². The summed E-state index contributed by atoms with van der Waals surface area (Å²) in [4.78, 5) is 26.9. The van der Waals surface area contributed by atoms with Crippen LogP contribution in [0, 0.1) is 0 Å². The van der Waals surface area contributed by atoms with Crippen LogP contribution >= 0.6 is 0 Å². The molecule has 1 heterocycles. The van der Waals surface area contributed by atoms with Gasteiger partial charge in [-0.2, -0.15) is 5.10 Å². The molecule has 0 fully saturated rings. The van der Waals surface area contributed by atoms with Crippen LogP contribution in [0.25, 0.3) is 5.69 Å². The van der Waals surface area contributed by atoms with Gasteiger partial charge in [0.1, 0.15) is 0 Å². The number of carbonyl (C=O) groups excluding carboxylic acids is 2. The number of para-hydroxylation sites is 1. The molecule has 2 aromatic carbocycles. The first-order valence-electron chi connectivity index (χ1n) is 10.2. The van der Waals surface area contributed by atoms with Gasteiger partial charge in [-0.05, 0) is 43.9 Å². The largest absolute Gasteiger partial charge is 0.451 e. The Hall–Kier alpha value is -3.41. The summed E-state index contributed by atoms with van der Waals surface area (Å²) in [5, 5.41) is 4.52. The minimum absolute atomic E-state index is 0.112. The molecule has 0 radical (unpaired) electrons. The molecule has 0 N–H and O–H groups in total. The van der Waals surface area contributed by atoms with Crippen LogP contribution in [0.3, 0.4) is 0 Å². The lowest BCUT2D eigenvalue weighted by Crippen LogP contribution is -2.33. The first-order chi connectivity index (χ1) is 14.6. The molecule has 154 valence electrons. The van der Waals surface area contributed by atoms with Crippen molar-refractivity contribution in [3.05, 3.63) is 83.2 Å². The minimum atomic E-state index is -0.544. The second-order valence-electron chi connectivity index (χ2n) is 7.54. The van der Waals surface area contributed by atoms with E-state index in [-0.39, 0.29) is 18.6 Å². The Kier molecular flexibility index (Phi) is 5.65. The van der Waals surface area contributed by atoms with Crippen molar-refractivity contribution in [1.82, 2.24) is 14.7 Å². The van der Waals surface area contributed by atoms with Gasteiger partial charge in [0.05, 0.1) is 11.7 Å². The van der Waals surface area contributed by atoms with E-state index in [2.05, 4.69) is 5.10 Å². The van der Waals surface area contributed by atoms with E-state index < -0.39 is 5.97 Å². The van der Waals surface area contributed by atoms with Crippen molar-refractivity contribution in [3.63, 3.8) is 0 Å². The number of aromatic nitrogens is 2. The Labute approximate surface area is 176 Å². The first-order valence-corrected chi connectivity index (χ1v) is 10.2. The molecule has 0 aliphatic heterocycles. The third kappa shape index (κ3) is 3.85. The second-order valence-corrected chi connectivity index (χ2v) is 7.54. The lowest BCUT2D eigenvalue weighted by molar-refractivity contribution is -0.135. The number of ether oxygens (including phenoxy) is 1. The average molecular weight is 403 g/mol. The van der Waals surface area contributed by atoms with Gasteiger partial charge in [0.15, 0.2) is 12.3 Å². The SMILES string of the molecule is CC(c1ccccc1)N(C)C(=O)COC(=O)c1nn(-c2ccccc2)c2c1CCC2. The Bertz CT molecular complexity index is 1040. The number of likely N-dealkylation sites (N-methyl/N-ethyl adjacent to an activating group) is 1. The molecule has 4 rings (SSSR count). The lowest BCUT2D eigenvalue weighted by atomic mass is 10.1. The fourth-order valence-corrected chi connectivity index (χ4v) is 3.85. The number of esters is 1. The summed E-state index contributed by atoms with van der Waals surface area (Å²) in [5.74, 6) is -0.796. The molecular formula is C24H25N3O3. The van der Waals surface area contributed by atoms with Gasteiger partial charge in [-0.1, -0.05) is 48.5 Å². The number of fused-ring (bicyclic) bond motifs is 1. The normalized spacial score (nSPS) is 13.5. The van der Waals surface area contributed by atoms with E-state index in [0.29, 0.717) is 5.69 Å². The van der Waals surface area contributed by atoms with Gasteiger partial charge in [0.2, 0.25) is 0 Å². The van der Waals surface area contributed by atoms with Crippen molar-refractivity contribution >= 4 is 11.9 Å². The minimum Gasteiger partial charge on any atom is -0.451 e. The number of hydrogen-bond acceptors (Lipinski definition) is 4. The quantitative estimate of drug-likeness (QED) is 0.588. The summed E-state index contributed by atoms with van der Waals surface area (Å²) in [6, 6.07) is 19.4. The van der Waals surface area contributed by atoms with Gasteiger partial charge in [-0.3, -0.25) is 4.79 Å². The summed E-state index contributed by atoms with van der Waals surface area (Å²) < 4.78 is 7.19. The molecule has 1 atom stereocenters. The van der Waals surface area contributed by atoms with Gasteiger partial charge >= 0.3 is 5.97 Å². The number of rotatable bonds is 6. The third-order valence-electron chi connectivity index (χ3n) is 5.71. The van der Waals surface area contributed by atoms with Gasteiger partial charge in [-0.25, -0.2) is 9.48 Å². The smallest absolute Gasteiger partial charge is 0.359 e. The lowest BCUT2D eigenvalue weighted by Gasteiger charge is -2.25. The predicted octanol–water partition coefficient (Wildman–Crippen LogP) is 3.74. The molecular weight excluding hydrogens is 378 g/mol. The molecule has 1 amide bonds. The summed E-state index contributed by atoms with van der Waals surface area (Å²) in [7, 11) is 1.72. The molecule has 0 saturated carbocycles. The zero-order valence-electron chi connectivity index (χ0n) is 17.2. The number of hydrogen-bond donors (Lipinski definition) is 0. The molecule has 1 aromatic heterocycles. The molecule has 6 heteroatoms. The van der Waals surface area contributed by atoms with Gasteiger partial charge in [0.25, 0.3) is 5.91 Å². The monoisotopic (exact) mass is 403 g/mol. The fourth-order valence-electron chi connectivity index (χ4n) is 3.85. The Balaban J connectivity index is 1.45. The van der Waals surface area contributed by atoms with E-state index in [0.717, 1.165) is 41.8 Å². The molecule has 3 aromatic rings. The highest BCUT2D eigenvalue weighted by molar-refractivity contribution is 5.91. The summed E-state index contributed by atoms with van der Waals surface area (Å²) >= 11 is 0. The molecule has 0 saturated heterocycles. The molecule has 1 unspecified atom stereocenters. The first kappa shape index (κ1) is 19.9. The van der Waals surface area contributed by atoms with E-state index >= 15 is 0 Å². The maximum atomic E-state index is 12.7. The van der Waals surface area contributed by atoms with Crippen molar-refractivity contribution in [3.8, 4) is 5.69 Å². The van der Waals surface area contributed by atoms with Gasteiger partial charge < -0.3 is 9.64 Å². The van der Waals surface area contributed by atoms with Crippen molar-refractivity contribution in [2.24, 2.45) is 0 Å². The van der Waals surface area contributed by atoms with Gasteiger partial charge in [-0.15, -0.1) is 0 Å². The van der Waals surface area contributed by atoms with Crippen molar-refractivity contribution in [2.45, 2.75) is 32.2 Å². The summed E-state index contributed by atoms with van der Waals surface area (Å²) in [6.07, 6.45) is 2.66. The topological polar surface area (TPSA) is 64.4 Å². The molecule has 0 bridgehead atoms. The fraction of sp³-hybridized carbons (Fsp3) is 0.292. The Morgan fingerprint density at radius 2 is 1.73 bits per heavy atom. The van der Waals surface area contributed by atoms with Crippen LogP contribution in [0.15, 0.2) is 60.7 Å². The van der Waals surface area contributed by atoms with Crippen LogP contribution in [0.5, 0.6) is 0 Å². The number of benzene rings is 2. The van der Waals surface area contributed by atoms with E-state index in [4.69, 9.17) is 4.74 Å². The third-order valence-corrected chi connectivity index (χ3v) is 5.71. The molecule has 0 spiro atoms. The van der Waals surface area contributed by atoms with E-state index in [1.165, 1.54) is 0 Å². The molecule has 1 aliphatic carbocycles. The van der Waals surface area contributed by atoms with Crippen LogP contribution in [0.2, 0.25) is 0 Å². The van der Waals surface area contributed by atoms with E-state index in [1.54, 1.807) is 11.9 Å². The average Bonchev–Trinajstić information content (AvgIpc) is 3.40. The predicted molar refractivity (Wildman–Crippen MR) is 113 cm³/mol. The molecule has 6 nitrogen and oxygen atoms in total. The van der Waals surface area contributed by atoms with Crippen molar-refractivity contribution in [2.75, 3.05) is 13.7 Å². The van der Waals surface area contributed by atoms with Crippen LogP contribution in [-0.4, -0.2) is 40.2 Å². The van der Waals surface area contributed by atoms with Crippen LogP contribution < -0.4 is 0 Å². The summed E-state index contributed by atoms with van der Waals surface area (Å²) in [6.45, 7) is 1.64. The standard InChI is InChI=1S/C24H25N3O3/c1-17(18-10-5-3-6-11-18)26(2)22(28)16-30-24(29)23-20-14-9-15-21(20)27(25-23)19-12-7-4-8-13-19/h3-8,10-13,17H,9,14-16H2,1-2H3. The Morgan fingerprint density at radius 1 is 1.07 bits per heavy atom. The van der Waals surface area contributed by atoms with Crippen molar-refractivity contribution in [1.29, 1.82) is 0 Å². The van der Waals surface area contributed by atoms with Crippen LogP contribution in [0.4, 0.5) is 0 Å².